The maximum atomic E-state index is 12.4. The summed E-state index contributed by atoms with van der Waals surface area (Å²) in [5, 5.41) is 1.47. The van der Waals surface area contributed by atoms with E-state index in [4.69, 9.17) is 11.6 Å². The minimum atomic E-state index is -0.358. The molecule has 3 rings (SSSR count). The number of thiazole rings is 1. The van der Waals surface area contributed by atoms with Gasteiger partial charge in [-0.3, -0.25) is 20.4 Å². The number of benzene rings is 2. The van der Waals surface area contributed by atoms with Crippen molar-refractivity contribution < 1.29 is 9.59 Å². The maximum Gasteiger partial charge on any atom is 0.281 e. The highest BCUT2D eigenvalue weighted by Crippen LogP contribution is 2.27. The Bertz CT molecular complexity index is 956. The quantitative estimate of drug-likeness (QED) is 0.582. The average molecular weight is 414 g/mol. The molecule has 0 saturated heterocycles. The molecule has 1 aromatic heterocycles. The zero-order valence-corrected chi connectivity index (χ0v) is 16.9. The molecule has 5 nitrogen and oxygen atoms in total. The van der Waals surface area contributed by atoms with Gasteiger partial charge in [-0.05, 0) is 37.5 Å². The smallest absolute Gasteiger partial charge is 0.273 e. The lowest BCUT2D eigenvalue weighted by molar-refractivity contribution is -0.121. The molecule has 0 aliphatic rings. The first-order valence-electron chi connectivity index (χ1n) is 8.89. The Hall–Kier alpha value is -2.70. The van der Waals surface area contributed by atoms with E-state index in [-0.39, 0.29) is 11.8 Å². The third-order valence-electron chi connectivity index (χ3n) is 4.12. The molecule has 3 aromatic rings. The third-order valence-corrected chi connectivity index (χ3v) is 5.58. The molecule has 0 atom stereocenters. The Morgan fingerprint density at radius 2 is 1.75 bits per heavy atom. The number of amides is 2. The van der Waals surface area contributed by atoms with Crippen LogP contribution in [0.2, 0.25) is 5.02 Å². The first-order chi connectivity index (χ1) is 13.5. The van der Waals surface area contributed by atoms with Gasteiger partial charge < -0.3 is 0 Å². The second-order valence-electron chi connectivity index (χ2n) is 6.28. The van der Waals surface area contributed by atoms with Gasteiger partial charge in [0.15, 0.2) is 0 Å². The largest absolute Gasteiger partial charge is 0.281 e. The van der Waals surface area contributed by atoms with Gasteiger partial charge in [0, 0.05) is 17.0 Å². The second kappa shape index (κ2) is 9.48. The number of carbonyl (C=O) groups is 2. The van der Waals surface area contributed by atoms with Gasteiger partial charge in [-0.15, -0.1) is 11.3 Å². The molecule has 0 bridgehead atoms. The minimum absolute atomic E-state index is 0.229. The van der Waals surface area contributed by atoms with Crippen molar-refractivity contribution in [3.8, 4) is 10.6 Å². The normalized spacial score (nSPS) is 10.5. The van der Waals surface area contributed by atoms with E-state index in [1.807, 2.05) is 54.6 Å². The lowest BCUT2D eigenvalue weighted by atomic mass is 10.1. The van der Waals surface area contributed by atoms with Crippen LogP contribution in [-0.4, -0.2) is 16.8 Å². The molecule has 0 fully saturated rings. The molecule has 0 saturated carbocycles. The number of nitrogens with zero attached hydrogens (tertiary/aromatic N) is 1. The van der Waals surface area contributed by atoms with Crippen LogP contribution in [0.1, 0.15) is 33.8 Å². The number of rotatable bonds is 6. The highest BCUT2D eigenvalue weighted by Gasteiger charge is 2.16. The lowest BCUT2D eigenvalue weighted by Gasteiger charge is -2.06. The topological polar surface area (TPSA) is 71.1 Å². The zero-order chi connectivity index (χ0) is 19.9. The van der Waals surface area contributed by atoms with Gasteiger partial charge >= 0.3 is 0 Å². The molecule has 0 unspecified atom stereocenters. The summed E-state index contributed by atoms with van der Waals surface area (Å²) in [7, 11) is 0. The van der Waals surface area contributed by atoms with Crippen LogP contribution in [0.3, 0.4) is 0 Å². The summed E-state index contributed by atoms with van der Waals surface area (Å²) in [5.41, 5.74) is 7.66. The van der Waals surface area contributed by atoms with Gasteiger partial charge in [-0.2, -0.15) is 0 Å². The number of hydrazine groups is 1. The van der Waals surface area contributed by atoms with E-state index >= 15 is 0 Å². The van der Waals surface area contributed by atoms with Gasteiger partial charge in [0.05, 0.1) is 5.69 Å². The van der Waals surface area contributed by atoms with Gasteiger partial charge in [-0.1, -0.05) is 54.1 Å². The highest BCUT2D eigenvalue weighted by atomic mass is 35.5. The van der Waals surface area contributed by atoms with Crippen molar-refractivity contribution in [3.05, 3.63) is 75.8 Å². The summed E-state index contributed by atoms with van der Waals surface area (Å²) in [5.74, 6) is -0.587. The fourth-order valence-corrected chi connectivity index (χ4v) is 3.75. The number of aromatic nitrogens is 1. The summed E-state index contributed by atoms with van der Waals surface area (Å²) in [6.45, 7) is 1.78. The number of hydrogen-bond donors (Lipinski definition) is 2. The molecular formula is C21H20ClN3O2S. The van der Waals surface area contributed by atoms with Crippen LogP contribution in [-0.2, 0) is 11.2 Å². The average Bonchev–Trinajstić information content (AvgIpc) is 3.10. The molecule has 2 aromatic carbocycles. The van der Waals surface area contributed by atoms with E-state index in [9.17, 15) is 9.59 Å². The van der Waals surface area contributed by atoms with E-state index in [2.05, 4.69) is 15.8 Å². The van der Waals surface area contributed by atoms with Crippen molar-refractivity contribution >= 4 is 34.8 Å². The third kappa shape index (κ3) is 5.41. The molecule has 0 spiro atoms. The van der Waals surface area contributed by atoms with Crippen molar-refractivity contribution in [1.82, 2.24) is 15.8 Å². The molecule has 0 radical (unpaired) electrons. The van der Waals surface area contributed by atoms with Crippen molar-refractivity contribution in [2.24, 2.45) is 0 Å². The zero-order valence-electron chi connectivity index (χ0n) is 15.4. The number of halogens is 1. The summed E-state index contributed by atoms with van der Waals surface area (Å²) in [4.78, 5) is 29.3. The molecule has 7 heteroatoms. The molecule has 2 amide bonds. The summed E-state index contributed by atoms with van der Waals surface area (Å²) < 4.78 is 0. The highest BCUT2D eigenvalue weighted by molar-refractivity contribution is 7.17. The molecule has 144 valence electrons. The van der Waals surface area contributed by atoms with Crippen LogP contribution in [0.15, 0.2) is 54.6 Å². The monoisotopic (exact) mass is 413 g/mol. The number of hydrogen-bond acceptors (Lipinski definition) is 4. The van der Waals surface area contributed by atoms with Crippen LogP contribution < -0.4 is 10.9 Å². The van der Waals surface area contributed by atoms with Gasteiger partial charge in [0.25, 0.3) is 5.91 Å². The summed E-state index contributed by atoms with van der Waals surface area (Å²) in [6, 6.07) is 17.2. The maximum absolute atomic E-state index is 12.4. The Labute approximate surface area is 172 Å². The first-order valence-corrected chi connectivity index (χ1v) is 10.1. The van der Waals surface area contributed by atoms with E-state index in [0.717, 1.165) is 22.6 Å². The van der Waals surface area contributed by atoms with E-state index in [1.165, 1.54) is 11.3 Å². The predicted molar refractivity (Wildman–Crippen MR) is 112 cm³/mol. The van der Waals surface area contributed by atoms with Crippen molar-refractivity contribution in [3.63, 3.8) is 0 Å². The number of carbonyl (C=O) groups excluding carboxylic acids is 2. The SMILES string of the molecule is Cc1nc(-c2ccccc2)sc1C(=O)NNC(=O)CCCc1ccc(Cl)cc1. The molecule has 28 heavy (non-hydrogen) atoms. The Balaban J connectivity index is 1.48. The summed E-state index contributed by atoms with van der Waals surface area (Å²) in [6.07, 6.45) is 1.77. The molecule has 1 heterocycles. The van der Waals surface area contributed by atoms with E-state index in [1.54, 1.807) is 6.92 Å². The number of nitrogens with one attached hydrogen (secondary N) is 2. The molecular weight excluding hydrogens is 394 g/mol. The fourth-order valence-electron chi connectivity index (χ4n) is 2.66. The predicted octanol–water partition coefficient (Wildman–Crippen LogP) is 4.56. The van der Waals surface area contributed by atoms with Gasteiger partial charge in [0.2, 0.25) is 5.91 Å². The van der Waals surface area contributed by atoms with Crippen LogP contribution >= 0.6 is 22.9 Å². The fraction of sp³-hybridized carbons (Fsp3) is 0.190. The Kier molecular flexibility index (Phi) is 6.79. The van der Waals surface area contributed by atoms with Gasteiger partial charge in [-0.25, -0.2) is 4.98 Å². The minimum Gasteiger partial charge on any atom is -0.273 e. The lowest BCUT2D eigenvalue weighted by Crippen LogP contribution is -2.41. The standard InChI is InChI=1S/C21H20ClN3O2S/c1-14-19(28-21(23-14)16-7-3-2-4-8-16)20(27)25-24-18(26)9-5-6-15-10-12-17(22)13-11-15/h2-4,7-8,10-13H,5-6,9H2,1H3,(H,24,26)(H,25,27). The van der Waals surface area contributed by atoms with E-state index in [0.29, 0.717) is 28.4 Å². The van der Waals surface area contributed by atoms with Crippen LogP contribution in [0, 0.1) is 6.92 Å². The van der Waals surface area contributed by atoms with Crippen LogP contribution in [0.25, 0.3) is 10.6 Å². The van der Waals surface area contributed by atoms with Crippen molar-refractivity contribution in [2.45, 2.75) is 26.2 Å². The summed E-state index contributed by atoms with van der Waals surface area (Å²) >= 11 is 7.16. The van der Waals surface area contributed by atoms with Gasteiger partial charge in [0.1, 0.15) is 9.88 Å². The Morgan fingerprint density at radius 3 is 2.46 bits per heavy atom. The van der Waals surface area contributed by atoms with E-state index < -0.39 is 0 Å². The van der Waals surface area contributed by atoms with Crippen LogP contribution in [0.4, 0.5) is 0 Å². The van der Waals surface area contributed by atoms with Crippen molar-refractivity contribution in [2.75, 3.05) is 0 Å². The first kappa shape index (κ1) is 20.0. The molecule has 0 aliphatic heterocycles. The Morgan fingerprint density at radius 1 is 1.04 bits per heavy atom. The second-order valence-corrected chi connectivity index (χ2v) is 7.72. The number of aryl methyl sites for hydroxylation is 2. The van der Waals surface area contributed by atoms with Crippen LogP contribution in [0.5, 0.6) is 0 Å². The van der Waals surface area contributed by atoms with Crippen molar-refractivity contribution in [1.29, 1.82) is 0 Å². The molecule has 2 N–H and O–H groups in total. The molecule has 0 aliphatic carbocycles.